The Balaban J connectivity index is 2.18. The summed E-state index contributed by atoms with van der Waals surface area (Å²) in [7, 11) is -3.39. The Labute approximate surface area is 108 Å². The highest BCUT2D eigenvalue weighted by Crippen LogP contribution is 2.24. The highest BCUT2D eigenvalue weighted by molar-refractivity contribution is 7.89. The molecule has 0 radical (unpaired) electrons. The van der Waals surface area contributed by atoms with Gasteiger partial charge in [0.1, 0.15) is 0 Å². The summed E-state index contributed by atoms with van der Waals surface area (Å²) in [6, 6.07) is 10.6. The molecule has 1 aromatic rings. The van der Waals surface area contributed by atoms with Gasteiger partial charge < -0.3 is 0 Å². The third-order valence-electron chi connectivity index (χ3n) is 3.24. The van der Waals surface area contributed by atoms with E-state index in [2.05, 4.69) is 6.07 Å². The predicted molar refractivity (Wildman–Crippen MR) is 68.2 cm³/mol. The van der Waals surface area contributed by atoms with Crippen molar-refractivity contribution >= 4 is 10.0 Å². The summed E-state index contributed by atoms with van der Waals surface area (Å²) < 4.78 is 26.3. The number of rotatable bonds is 3. The molecule has 96 valence electrons. The van der Waals surface area contributed by atoms with E-state index >= 15 is 0 Å². The summed E-state index contributed by atoms with van der Waals surface area (Å²) >= 11 is 0. The molecule has 1 heterocycles. The maximum absolute atomic E-state index is 12.4. The van der Waals surface area contributed by atoms with E-state index in [0.29, 0.717) is 24.4 Å². The van der Waals surface area contributed by atoms with Crippen molar-refractivity contribution in [3.05, 3.63) is 30.3 Å². The van der Waals surface area contributed by atoms with E-state index < -0.39 is 10.0 Å². The summed E-state index contributed by atoms with van der Waals surface area (Å²) in [5.41, 5.74) is 0. The van der Waals surface area contributed by atoms with Gasteiger partial charge in [-0.15, -0.1) is 0 Å². The Kier molecular flexibility index (Phi) is 4.00. The molecule has 2 rings (SSSR count). The van der Waals surface area contributed by atoms with Gasteiger partial charge >= 0.3 is 0 Å². The van der Waals surface area contributed by atoms with Crippen LogP contribution in [-0.4, -0.2) is 25.8 Å². The average molecular weight is 264 g/mol. The second kappa shape index (κ2) is 5.51. The number of sulfonamides is 1. The molecule has 1 unspecified atom stereocenters. The van der Waals surface area contributed by atoms with Crippen LogP contribution < -0.4 is 0 Å². The van der Waals surface area contributed by atoms with Gasteiger partial charge in [-0.25, -0.2) is 8.42 Å². The third-order valence-corrected chi connectivity index (χ3v) is 5.12. The van der Waals surface area contributed by atoms with Crippen molar-refractivity contribution in [1.29, 1.82) is 5.26 Å². The molecule has 0 amide bonds. The maximum atomic E-state index is 12.4. The van der Waals surface area contributed by atoms with Gasteiger partial charge in [0.15, 0.2) is 0 Å². The molecule has 1 aromatic carbocycles. The van der Waals surface area contributed by atoms with Crippen LogP contribution in [0.25, 0.3) is 0 Å². The first-order valence-corrected chi connectivity index (χ1v) is 7.51. The summed E-state index contributed by atoms with van der Waals surface area (Å²) in [6.45, 7) is 1.02. The van der Waals surface area contributed by atoms with Crippen LogP contribution in [0.4, 0.5) is 0 Å². The Morgan fingerprint density at radius 1 is 1.33 bits per heavy atom. The molecular weight excluding hydrogens is 248 g/mol. The first-order chi connectivity index (χ1) is 8.64. The van der Waals surface area contributed by atoms with Gasteiger partial charge in [0, 0.05) is 19.5 Å². The SMILES string of the molecule is N#CCC1CCCN(S(=O)(=O)c2ccccc2)C1. The highest BCUT2D eigenvalue weighted by atomic mass is 32.2. The topological polar surface area (TPSA) is 61.2 Å². The molecule has 1 aliphatic heterocycles. The third kappa shape index (κ3) is 2.71. The lowest BCUT2D eigenvalue weighted by molar-refractivity contribution is 0.269. The molecule has 0 saturated carbocycles. The summed E-state index contributed by atoms with van der Waals surface area (Å²) in [6.07, 6.45) is 2.20. The van der Waals surface area contributed by atoms with E-state index in [1.807, 2.05) is 0 Å². The average Bonchev–Trinajstić information content (AvgIpc) is 2.40. The molecule has 1 aliphatic rings. The normalized spacial score (nSPS) is 21.4. The largest absolute Gasteiger partial charge is 0.243 e. The number of piperidine rings is 1. The molecule has 0 aromatic heterocycles. The molecule has 0 bridgehead atoms. The zero-order valence-electron chi connectivity index (χ0n) is 10.1. The molecular formula is C13H16N2O2S. The molecule has 0 spiro atoms. The number of nitriles is 1. The standard InChI is InChI=1S/C13H16N2O2S/c14-9-8-12-5-4-10-15(11-12)18(16,17)13-6-2-1-3-7-13/h1-3,6-7,12H,4-5,8,10-11H2. The van der Waals surface area contributed by atoms with Crippen molar-refractivity contribution in [3.8, 4) is 6.07 Å². The number of nitrogens with zero attached hydrogens (tertiary/aromatic N) is 2. The van der Waals surface area contributed by atoms with Crippen LogP contribution in [0, 0.1) is 17.2 Å². The van der Waals surface area contributed by atoms with Gasteiger partial charge in [-0.2, -0.15) is 9.57 Å². The van der Waals surface area contributed by atoms with Crippen LogP contribution in [0.2, 0.25) is 0 Å². The van der Waals surface area contributed by atoms with Crippen molar-refractivity contribution in [2.45, 2.75) is 24.2 Å². The van der Waals surface area contributed by atoms with Crippen molar-refractivity contribution in [3.63, 3.8) is 0 Å². The van der Waals surface area contributed by atoms with E-state index in [1.165, 1.54) is 4.31 Å². The quantitative estimate of drug-likeness (QED) is 0.839. The lowest BCUT2D eigenvalue weighted by Crippen LogP contribution is -2.39. The number of benzene rings is 1. The van der Waals surface area contributed by atoms with E-state index in [4.69, 9.17) is 5.26 Å². The van der Waals surface area contributed by atoms with Gasteiger partial charge in [-0.05, 0) is 30.9 Å². The van der Waals surface area contributed by atoms with Crippen molar-refractivity contribution in [2.75, 3.05) is 13.1 Å². The Morgan fingerprint density at radius 2 is 2.06 bits per heavy atom. The van der Waals surface area contributed by atoms with Crippen LogP contribution in [0.15, 0.2) is 35.2 Å². The fraction of sp³-hybridized carbons (Fsp3) is 0.462. The van der Waals surface area contributed by atoms with Crippen LogP contribution in [0.5, 0.6) is 0 Å². The zero-order valence-corrected chi connectivity index (χ0v) is 10.9. The van der Waals surface area contributed by atoms with Crippen LogP contribution in [0.3, 0.4) is 0 Å². The zero-order chi connectivity index (χ0) is 13.0. The minimum atomic E-state index is -3.39. The summed E-state index contributed by atoms with van der Waals surface area (Å²) in [4.78, 5) is 0.336. The predicted octanol–water partition coefficient (Wildman–Crippen LogP) is 2.00. The second-order valence-corrected chi connectivity index (χ2v) is 6.48. The number of hydrogen-bond acceptors (Lipinski definition) is 3. The van der Waals surface area contributed by atoms with Crippen LogP contribution in [0.1, 0.15) is 19.3 Å². The van der Waals surface area contributed by atoms with Crippen molar-refractivity contribution < 1.29 is 8.42 Å². The Hall–Kier alpha value is -1.38. The molecule has 5 heteroatoms. The lowest BCUT2D eigenvalue weighted by atomic mass is 9.97. The van der Waals surface area contributed by atoms with Crippen molar-refractivity contribution in [1.82, 2.24) is 4.31 Å². The van der Waals surface area contributed by atoms with E-state index in [9.17, 15) is 8.42 Å². The second-order valence-electron chi connectivity index (χ2n) is 4.55. The molecule has 0 aliphatic carbocycles. The first kappa shape index (κ1) is 13.1. The highest BCUT2D eigenvalue weighted by Gasteiger charge is 2.29. The molecule has 0 N–H and O–H groups in total. The van der Waals surface area contributed by atoms with Gasteiger partial charge in [0.25, 0.3) is 0 Å². The van der Waals surface area contributed by atoms with Gasteiger partial charge in [-0.1, -0.05) is 18.2 Å². The minimum absolute atomic E-state index is 0.169. The van der Waals surface area contributed by atoms with Crippen molar-refractivity contribution in [2.24, 2.45) is 5.92 Å². The minimum Gasteiger partial charge on any atom is -0.207 e. The van der Waals surface area contributed by atoms with E-state index in [-0.39, 0.29) is 5.92 Å². The van der Waals surface area contributed by atoms with Crippen LogP contribution >= 0.6 is 0 Å². The molecule has 18 heavy (non-hydrogen) atoms. The first-order valence-electron chi connectivity index (χ1n) is 6.07. The fourth-order valence-electron chi connectivity index (χ4n) is 2.28. The smallest absolute Gasteiger partial charge is 0.207 e. The van der Waals surface area contributed by atoms with E-state index in [0.717, 1.165) is 12.8 Å². The fourth-order valence-corrected chi connectivity index (χ4v) is 3.86. The van der Waals surface area contributed by atoms with Gasteiger partial charge in [0.2, 0.25) is 10.0 Å². The Bertz CT molecular complexity index is 534. The summed E-state index contributed by atoms with van der Waals surface area (Å²) in [5, 5.41) is 8.71. The monoisotopic (exact) mass is 264 g/mol. The number of hydrogen-bond donors (Lipinski definition) is 0. The lowest BCUT2D eigenvalue weighted by Gasteiger charge is -2.30. The molecule has 4 nitrogen and oxygen atoms in total. The maximum Gasteiger partial charge on any atom is 0.243 e. The molecule has 1 saturated heterocycles. The van der Waals surface area contributed by atoms with E-state index in [1.54, 1.807) is 30.3 Å². The van der Waals surface area contributed by atoms with Crippen LogP contribution in [-0.2, 0) is 10.0 Å². The van der Waals surface area contributed by atoms with Gasteiger partial charge in [0.05, 0.1) is 11.0 Å². The molecule has 1 atom stereocenters. The Morgan fingerprint density at radius 3 is 2.72 bits per heavy atom. The van der Waals surface area contributed by atoms with Gasteiger partial charge in [-0.3, -0.25) is 0 Å². The molecule has 1 fully saturated rings. The summed E-state index contributed by atoms with van der Waals surface area (Å²) in [5.74, 6) is 0.169.